The summed E-state index contributed by atoms with van der Waals surface area (Å²) < 4.78 is 12.3. The van der Waals surface area contributed by atoms with E-state index in [9.17, 15) is 4.79 Å². The normalized spacial score (nSPS) is 23.6. The Morgan fingerprint density at radius 3 is 2.52 bits per heavy atom. The first kappa shape index (κ1) is 14.6. The molecule has 3 heteroatoms. The van der Waals surface area contributed by atoms with E-state index >= 15 is 0 Å². The van der Waals surface area contributed by atoms with E-state index in [2.05, 4.69) is 0 Å². The first-order chi connectivity index (χ1) is 10.1. The second-order valence-electron chi connectivity index (χ2n) is 6.58. The lowest BCUT2D eigenvalue weighted by Gasteiger charge is -2.24. The second-order valence-corrected chi connectivity index (χ2v) is 6.58. The van der Waals surface area contributed by atoms with Crippen LogP contribution in [0.1, 0.15) is 60.0 Å². The fraction of sp³-hybridized carbons (Fsp3) is 0.611. The second kappa shape index (κ2) is 5.80. The van der Waals surface area contributed by atoms with Gasteiger partial charge in [0.05, 0.1) is 11.7 Å². The van der Waals surface area contributed by atoms with Crippen LogP contribution in [0.2, 0.25) is 0 Å². The van der Waals surface area contributed by atoms with E-state index in [0.717, 1.165) is 29.6 Å². The first-order valence-electron chi connectivity index (χ1n) is 7.99. The third-order valence-corrected chi connectivity index (χ3v) is 4.89. The molecule has 1 aliphatic heterocycles. The zero-order chi connectivity index (χ0) is 14.9. The Hall–Kier alpha value is -1.35. The van der Waals surface area contributed by atoms with E-state index in [1.54, 1.807) is 0 Å². The summed E-state index contributed by atoms with van der Waals surface area (Å²) in [4.78, 5) is 10.9. The molecular formula is C18H24O3. The molecule has 0 bridgehead atoms. The molecular weight excluding hydrogens is 264 g/mol. The summed E-state index contributed by atoms with van der Waals surface area (Å²) in [6, 6.07) is 3.76. The van der Waals surface area contributed by atoms with Crippen molar-refractivity contribution in [1.82, 2.24) is 0 Å². The van der Waals surface area contributed by atoms with Crippen molar-refractivity contribution in [3.8, 4) is 5.75 Å². The monoisotopic (exact) mass is 288 g/mol. The quantitative estimate of drug-likeness (QED) is 0.786. The van der Waals surface area contributed by atoms with Gasteiger partial charge < -0.3 is 9.47 Å². The van der Waals surface area contributed by atoms with E-state index < -0.39 is 0 Å². The van der Waals surface area contributed by atoms with Crippen LogP contribution in [0.25, 0.3) is 0 Å². The van der Waals surface area contributed by atoms with Gasteiger partial charge in [0.1, 0.15) is 18.6 Å². The molecule has 1 atom stereocenters. The zero-order valence-electron chi connectivity index (χ0n) is 13.0. The van der Waals surface area contributed by atoms with Crippen LogP contribution in [-0.4, -0.2) is 24.6 Å². The molecule has 1 aliphatic carbocycles. The van der Waals surface area contributed by atoms with Gasteiger partial charge in [-0.15, -0.1) is 0 Å². The molecule has 2 aliphatic rings. The van der Waals surface area contributed by atoms with Crippen LogP contribution in [-0.2, 0) is 4.74 Å². The Labute approximate surface area is 126 Å². The van der Waals surface area contributed by atoms with Crippen LogP contribution in [0, 0.1) is 13.8 Å². The van der Waals surface area contributed by atoms with Gasteiger partial charge in [0, 0.05) is 5.56 Å². The Bertz CT molecular complexity index is 506. The Kier molecular flexibility index (Phi) is 4.03. The minimum absolute atomic E-state index is 0.166. The van der Waals surface area contributed by atoms with Gasteiger partial charge in [-0.3, -0.25) is 4.79 Å². The molecule has 1 saturated heterocycles. The lowest BCUT2D eigenvalue weighted by Crippen LogP contribution is -2.27. The van der Waals surface area contributed by atoms with Gasteiger partial charge in [0.2, 0.25) is 0 Å². The van der Waals surface area contributed by atoms with Crippen molar-refractivity contribution in [2.45, 2.75) is 64.1 Å². The highest BCUT2D eigenvalue weighted by atomic mass is 16.6. The molecule has 0 aromatic heterocycles. The van der Waals surface area contributed by atoms with E-state index in [4.69, 9.17) is 9.47 Å². The summed E-state index contributed by atoms with van der Waals surface area (Å²) in [7, 11) is 0. The number of hydrogen-bond acceptors (Lipinski definition) is 3. The van der Waals surface area contributed by atoms with Gasteiger partial charge in [0.25, 0.3) is 0 Å². The summed E-state index contributed by atoms with van der Waals surface area (Å²) in [6.45, 7) is 4.59. The average molecular weight is 288 g/mol. The average Bonchev–Trinajstić information content (AvgIpc) is 3.08. The van der Waals surface area contributed by atoms with Gasteiger partial charge in [-0.25, -0.2) is 0 Å². The van der Waals surface area contributed by atoms with Crippen molar-refractivity contribution in [2.24, 2.45) is 0 Å². The number of carbonyl (C=O) groups excluding carboxylic acids is 1. The van der Waals surface area contributed by atoms with Crippen molar-refractivity contribution in [1.29, 1.82) is 0 Å². The highest BCUT2D eigenvalue weighted by Gasteiger charge is 2.42. The predicted molar refractivity (Wildman–Crippen MR) is 82.1 cm³/mol. The molecule has 0 radical (unpaired) electrons. The third kappa shape index (κ3) is 2.98. The van der Waals surface area contributed by atoms with Gasteiger partial charge >= 0.3 is 0 Å². The van der Waals surface area contributed by atoms with Crippen molar-refractivity contribution in [3.05, 3.63) is 28.8 Å². The molecule has 0 amide bonds. The van der Waals surface area contributed by atoms with E-state index in [1.165, 1.54) is 32.1 Å². The van der Waals surface area contributed by atoms with Crippen LogP contribution in [0.4, 0.5) is 0 Å². The van der Waals surface area contributed by atoms with Crippen LogP contribution in [0.15, 0.2) is 12.1 Å². The molecule has 21 heavy (non-hydrogen) atoms. The van der Waals surface area contributed by atoms with Crippen molar-refractivity contribution >= 4 is 6.29 Å². The molecule has 0 N–H and O–H groups in total. The Balaban J connectivity index is 1.62. The fourth-order valence-electron chi connectivity index (χ4n) is 3.86. The zero-order valence-corrected chi connectivity index (χ0v) is 13.0. The minimum Gasteiger partial charge on any atom is -0.490 e. The van der Waals surface area contributed by atoms with E-state index in [1.807, 2.05) is 26.0 Å². The van der Waals surface area contributed by atoms with Gasteiger partial charge in [-0.05, 0) is 62.8 Å². The summed E-state index contributed by atoms with van der Waals surface area (Å²) in [5.74, 6) is 0.900. The maximum Gasteiger partial charge on any atom is 0.150 e. The molecule has 1 aromatic rings. The number of carbonyl (C=O) groups is 1. The summed E-state index contributed by atoms with van der Waals surface area (Å²) in [5, 5.41) is 0. The van der Waals surface area contributed by atoms with E-state index in [0.29, 0.717) is 12.2 Å². The van der Waals surface area contributed by atoms with Gasteiger partial charge in [-0.1, -0.05) is 12.8 Å². The number of aldehydes is 1. The number of benzene rings is 1. The van der Waals surface area contributed by atoms with Crippen LogP contribution in [0.5, 0.6) is 5.75 Å². The lowest BCUT2D eigenvalue weighted by atomic mass is 9.98. The fourth-order valence-corrected chi connectivity index (χ4v) is 3.86. The summed E-state index contributed by atoms with van der Waals surface area (Å²) >= 11 is 0. The Morgan fingerprint density at radius 1 is 1.24 bits per heavy atom. The predicted octanol–water partition coefficient (Wildman–Crippen LogP) is 3.99. The largest absolute Gasteiger partial charge is 0.490 e. The van der Waals surface area contributed by atoms with Crippen LogP contribution in [0.3, 0.4) is 0 Å². The topological polar surface area (TPSA) is 35.5 Å². The highest BCUT2D eigenvalue weighted by Crippen LogP contribution is 2.43. The molecule has 1 spiro atoms. The molecule has 2 fully saturated rings. The molecule has 3 rings (SSSR count). The van der Waals surface area contributed by atoms with Gasteiger partial charge in [-0.2, -0.15) is 0 Å². The molecule has 1 unspecified atom stereocenters. The maximum absolute atomic E-state index is 10.9. The van der Waals surface area contributed by atoms with Crippen LogP contribution < -0.4 is 4.74 Å². The number of rotatable bonds is 4. The molecule has 1 heterocycles. The van der Waals surface area contributed by atoms with Crippen molar-refractivity contribution in [2.75, 3.05) is 6.61 Å². The van der Waals surface area contributed by atoms with Crippen molar-refractivity contribution < 1.29 is 14.3 Å². The maximum atomic E-state index is 10.9. The Morgan fingerprint density at radius 2 is 1.90 bits per heavy atom. The molecule has 1 aromatic carbocycles. The van der Waals surface area contributed by atoms with Crippen molar-refractivity contribution in [3.63, 3.8) is 0 Å². The smallest absolute Gasteiger partial charge is 0.150 e. The lowest BCUT2D eigenvalue weighted by molar-refractivity contribution is -0.0510. The third-order valence-electron chi connectivity index (χ3n) is 4.89. The molecule has 1 saturated carbocycles. The SMILES string of the molecule is Cc1cc(C=O)cc(C)c1OCC1CCC2(CCCC2)O1. The van der Waals surface area contributed by atoms with E-state index in [-0.39, 0.29) is 11.7 Å². The standard InChI is InChI=1S/C18H24O3/c1-13-9-15(11-19)10-14(2)17(13)20-12-16-5-8-18(21-16)6-3-4-7-18/h9-11,16H,3-8,12H2,1-2H3. The highest BCUT2D eigenvalue weighted by molar-refractivity contribution is 5.76. The molecule has 3 nitrogen and oxygen atoms in total. The molecule has 114 valence electrons. The number of aryl methyl sites for hydroxylation is 2. The summed E-state index contributed by atoms with van der Waals surface area (Å²) in [5.41, 5.74) is 2.91. The summed E-state index contributed by atoms with van der Waals surface area (Å²) in [6.07, 6.45) is 8.43. The van der Waals surface area contributed by atoms with Gasteiger partial charge in [0.15, 0.2) is 0 Å². The number of ether oxygens (including phenoxy) is 2. The number of hydrogen-bond donors (Lipinski definition) is 0. The first-order valence-corrected chi connectivity index (χ1v) is 7.99. The minimum atomic E-state index is 0.166. The van der Waals surface area contributed by atoms with Crippen LogP contribution >= 0.6 is 0 Å².